The first kappa shape index (κ1) is 17.8. The van der Waals surface area contributed by atoms with Crippen molar-refractivity contribution in [2.45, 2.75) is 33.2 Å². The summed E-state index contributed by atoms with van der Waals surface area (Å²) in [5.74, 6) is -1.06. The van der Waals surface area contributed by atoms with E-state index in [0.29, 0.717) is 18.5 Å². The molecule has 2 fully saturated rings. The van der Waals surface area contributed by atoms with E-state index in [0.717, 1.165) is 11.1 Å². The maximum Gasteiger partial charge on any atom is 0.254 e. The van der Waals surface area contributed by atoms with E-state index in [9.17, 15) is 19.5 Å². The number of likely N-dealkylation sites (tertiary alicyclic amines) is 1. The normalized spacial score (nSPS) is 29.9. The van der Waals surface area contributed by atoms with Gasteiger partial charge in [-0.3, -0.25) is 19.7 Å². The Kier molecular flexibility index (Phi) is 4.09. The van der Waals surface area contributed by atoms with Crippen LogP contribution in [-0.4, -0.2) is 40.3 Å². The van der Waals surface area contributed by atoms with Gasteiger partial charge in [-0.05, 0) is 49.1 Å². The molecule has 6 nitrogen and oxygen atoms in total. The molecule has 142 valence electrons. The monoisotopic (exact) mass is 368 g/mol. The lowest BCUT2D eigenvalue weighted by molar-refractivity contribution is -0.126. The van der Waals surface area contributed by atoms with Gasteiger partial charge in [0.05, 0.1) is 11.8 Å². The van der Waals surface area contributed by atoms with Crippen molar-refractivity contribution in [2.75, 3.05) is 6.54 Å². The van der Waals surface area contributed by atoms with Gasteiger partial charge in [0.2, 0.25) is 11.8 Å². The molecule has 0 radical (unpaired) electrons. The van der Waals surface area contributed by atoms with Gasteiger partial charge >= 0.3 is 0 Å². The lowest BCUT2D eigenvalue weighted by Crippen LogP contribution is -2.45. The molecule has 6 heteroatoms. The highest BCUT2D eigenvalue weighted by atomic mass is 16.3. The molecule has 1 aliphatic carbocycles. The van der Waals surface area contributed by atoms with Gasteiger partial charge in [0.15, 0.2) is 0 Å². The molecule has 0 saturated carbocycles. The van der Waals surface area contributed by atoms with E-state index >= 15 is 0 Å². The predicted octanol–water partition coefficient (Wildman–Crippen LogP) is 2.10. The summed E-state index contributed by atoms with van der Waals surface area (Å²) < 4.78 is 0. The molecule has 0 aromatic heterocycles. The smallest absolute Gasteiger partial charge is 0.254 e. The predicted molar refractivity (Wildman–Crippen MR) is 98.7 cm³/mol. The van der Waals surface area contributed by atoms with Crippen LogP contribution in [0.3, 0.4) is 0 Å². The SMILES string of the molecule is CC1=C2CN(C(=O)c3ccc(O)cc3)[C@@H](C(C)C)[C@@H]2[C@H]2C(=O)NC(=O)[C@H]2C1. The number of carbonyl (C=O) groups is 3. The molecule has 0 unspecified atom stereocenters. The maximum absolute atomic E-state index is 13.2. The van der Waals surface area contributed by atoms with Crippen molar-refractivity contribution >= 4 is 17.7 Å². The Hall–Kier alpha value is -2.63. The molecule has 1 aromatic rings. The van der Waals surface area contributed by atoms with Crippen LogP contribution in [-0.2, 0) is 9.59 Å². The topological polar surface area (TPSA) is 86.7 Å². The number of phenolic OH excluding ortho intramolecular Hbond substituents is 1. The van der Waals surface area contributed by atoms with Crippen LogP contribution < -0.4 is 5.32 Å². The average molecular weight is 368 g/mol. The van der Waals surface area contributed by atoms with Crippen LogP contribution in [0.5, 0.6) is 5.75 Å². The van der Waals surface area contributed by atoms with E-state index in [4.69, 9.17) is 0 Å². The van der Waals surface area contributed by atoms with Crippen LogP contribution in [0.2, 0.25) is 0 Å². The number of allylic oxidation sites excluding steroid dienone is 1. The van der Waals surface area contributed by atoms with Gasteiger partial charge in [-0.1, -0.05) is 19.4 Å². The number of nitrogens with one attached hydrogen (secondary N) is 1. The number of imide groups is 1. The molecule has 4 atom stereocenters. The van der Waals surface area contributed by atoms with Gasteiger partial charge in [0.1, 0.15) is 5.75 Å². The van der Waals surface area contributed by atoms with Crippen molar-refractivity contribution in [1.29, 1.82) is 0 Å². The van der Waals surface area contributed by atoms with Crippen molar-refractivity contribution in [3.8, 4) is 5.75 Å². The highest BCUT2D eigenvalue weighted by Crippen LogP contribution is 2.50. The van der Waals surface area contributed by atoms with Crippen molar-refractivity contribution in [3.63, 3.8) is 0 Å². The molecule has 0 spiro atoms. The van der Waals surface area contributed by atoms with E-state index in [1.165, 1.54) is 12.1 Å². The number of rotatable bonds is 2. The van der Waals surface area contributed by atoms with E-state index in [2.05, 4.69) is 19.2 Å². The second kappa shape index (κ2) is 6.22. The third-order valence-corrected chi connectivity index (χ3v) is 6.31. The van der Waals surface area contributed by atoms with Gasteiger partial charge < -0.3 is 10.0 Å². The Bertz CT molecular complexity index is 855. The first-order valence-corrected chi connectivity index (χ1v) is 9.42. The molecule has 27 heavy (non-hydrogen) atoms. The number of hydrogen-bond donors (Lipinski definition) is 2. The lowest BCUT2D eigenvalue weighted by atomic mass is 9.67. The molecule has 2 N–H and O–H groups in total. The second-order valence-electron chi connectivity index (χ2n) is 8.24. The largest absolute Gasteiger partial charge is 0.508 e. The third-order valence-electron chi connectivity index (χ3n) is 6.31. The Morgan fingerprint density at radius 2 is 1.81 bits per heavy atom. The summed E-state index contributed by atoms with van der Waals surface area (Å²) in [4.78, 5) is 39.8. The van der Waals surface area contributed by atoms with Crippen molar-refractivity contribution < 1.29 is 19.5 Å². The summed E-state index contributed by atoms with van der Waals surface area (Å²) >= 11 is 0. The average Bonchev–Trinajstić information content (AvgIpc) is 3.14. The number of hydrogen-bond acceptors (Lipinski definition) is 4. The van der Waals surface area contributed by atoms with Crippen LogP contribution in [0.25, 0.3) is 0 Å². The summed E-state index contributed by atoms with van der Waals surface area (Å²) in [7, 11) is 0. The van der Waals surface area contributed by atoms with Gasteiger partial charge in [-0.25, -0.2) is 0 Å². The Balaban J connectivity index is 1.75. The number of carbonyl (C=O) groups excluding carboxylic acids is 3. The van der Waals surface area contributed by atoms with Crippen molar-refractivity contribution in [3.05, 3.63) is 41.0 Å². The molecular weight excluding hydrogens is 344 g/mol. The fourth-order valence-electron chi connectivity index (χ4n) is 5.13. The van der Waals surface area contributed by atoms with Crippen molar-refractivity contribution in [2.24, 2.45) is 23.7 Å². The number of amides is 3. The van der Waals surface area contributed by atoms with Crippen LogP contribution in [0.1, 0.15) is 37.6 Å². The number of fused-ring (bicyclic) bond motifs is 3. The molecule has 0 bridgehead atoms. The Labute approximate surface area is 158 Å². The Morgan fingerprint density at radius 1 is 1.15 bits per heavy atom. The molecule has 1 aromatic carbocycles. The van der Waals surface area contributed by atoms with Gasteiger partial charge in [0.25, 0.3) is 5.91 Å². The van der Waals surface area contributed by atoms with E-state index in [1.807, 2.05) is 11.8 Å². The third kappa shape index (κ3) is 2.66. The minimum absolute atomic E-state index is 0.107. The standard InChI is InChI=1S/C21H24N2O4/c1-10(2)18-16-15(11(3)8-14-17(16)20(26)22-19(14)25)9-23(18)21(27)12-4-6-13(24)7-5-12/h4-7,10,14,16-18,24H,8-9H2,1-3H3,(H,22,25,26)/t14-,16-,17-,18-/m0/s1. The first-order chi connectivity index (χ1) is 12.8. The molecule has 3 amide bonds. The van der Waals surface area contributed by atoms with E-state index < -0.39 is 0 Å². The highest BCUT2D eigenvalue weighted by Gasteiger charge is 2.57. The summed E-state index contributed by atoms with van der Waals surface area (Å²) in [6, 6.07) is 6.11. The minimum Gasteiger partial charge on any atom is -0.508 e. The van der Waals surface area contributed by atoms with Gasteiger partial charge in [-0.15, -0.1) is 0 Å². The number of phenols is 1. The number of aromatic hydroxyl groups is 1. The van der Waals surface area contributed by atoms with Gasteiger partial charge in [-0.2, -0.15) is 0 Å². The first-order valence-electron chi connectivity index (χ1n) is 9.42. The molecule has 4 rings (SSSR count). The zero-order valence-corrected chi connectivity index (χ0v) is 15.7. The van der Waals surface area contributed by atoms with Crippen molar-refractivity contribution in [1.82, 2.24) is 10.2 Å². The van der Waals surface area contributed by atoms with Crippen LogP contribution in [0.15, 0.2) is 35.4 Å². The molecule has 3 aliphatic rings. The number of nitrogens with zero attached hydrogens (tertiary/aromatic N) is 1. The maximum atomic E-state index is 13.2. The zero-order valence-electron chi connectivity index (χ0n) is 15.7. The quantitative estimate of drug-likeness (QED) is 0.618. The summed E-state index contributed by atoms with van der Waals surface area (Å²) in [5, 5.41) is 12.0. The zero-order chi connectivity index (χ0) is 19.5. The molecule has 2 aliphatic heterocycles. The summed E-state index contributed by atoms with van der Waals surface area (Å²) in [6.45, 7) is 6.61. The molecule has 2 saturated heterocycles. The Morgan fingerprint density at radius 3 is 2.44 bits per heavy atom. The lowest BCUT2D eigenvalue weighted by Gasteiger charge is -2.36. The fraction of sp³-hybridized carbons (Fsp3) is 0.476. The number of benzene rings is 1. The van der Waals surface area contributed by atoms with Crippen LogP contribution in [0.4, 0.5) is 0 Å². The highest BCUT2D eigenvalue weighted by molar-refractivity contribution is 6.06. The fourth-order valence-corrected chi connectivity index (χ4v) is 5.13. The van der Waals surface area contributed by atoms with E-state index in [1.54, 1.807) is 12.1 Å². The van der Waals surface area contributed by atoms with Crippen LogP contribution >= 0.6 is 0 Å². The summed E-state index contributed by atoms with van der Waals surface area (Å²) in [5.41, 5.74) is 2.77. The molecule has 2 heterocycles. The van der Waals surface area contributed by atoms with Crippen LogP contribution in [0, 0.1) is 23.7 Å². The van der Waals surface area contributed by atoms with Gasteiger partial charge in [0, 0.05) is 24.1 Å². The van der Waals surface area contributed by atoms with E-state index in [-0.39, 0.29) is 53.2 Å². The second-order valence-corrected chi connectivity index (χ2v) is 8.24. The molecular formula is C21H24N2O4. The minimum atomic E-state index is -0.388. The summed E-state index contributed by atoms with van der Waals surface area (Å²) in [6.07, 6.45) is 0.583.